The third kappa shape index (κ3) is 3.32. The van der Waals surface area contributed by atoms with Crippen LogP contribution < -0.4 is 0 Å². The lowest BCUT2D eigenvalue weighted by molar-refractivity contribution is -0.145. The molecule has 1 atom stereocenters. The van der Waals surface area contributed by atoms with Gasteiger partial charge in [-0.1, -0.05) is 35.5 Å². The number of ether oxygens (including phenoxy) is 1. The smallest absolute Gasteiger partial charge is 0.316 e. The Morgan fingerprint density at radius 2 is 2.21 bits per heavy atom. The average Bonchev–Trinajstić information content (AvgIpc) is 2.83. The molecule has 1 unspecified atom stereocenters. The Hall–Kier alpha value is -1.88. The number of oxime groups is 1. The fraction of sp³-hybridized carbons (Fsp3) is 0.429. The van der Waals surface area contributed by atoms with Gasteiger partial charge in [-0.2, -0.15) is 0 Å². The molecule has 1 aliphatic heterocycles. The van der Waals surface area contributed by atoms with Gasteiger partial charge >= 0.3 is 5.97 Å². The van der Waals surface area contributed by atoms with Crippen LogP contribution in [0.5, 0.6) is 0 Å². The van der Waals surface area contributed by atoms with Crippen molar-refractivity contribution < 1.29 is 14.7 Å². The molecule has 1 saturated heterocycles. The van der Waals surface area contributed by atoms with Crippen LogP contribution in [0.1, 0.15) is 12.5 Å². The van der Waals surface area contributed by atoms with E-state index in [1.54, 1.807) is 6.92 Å². The molecule has 102 valence electrons. The Morgan fingerprint density at radius 1 is 1.47 bits per heavy atom. The van der Waals surface area contributed by atoms with Crippen LogP contribution in [0.25, 0.3) is 0 Å². The van der Waals surface area contributed by atoms with Crippen molar-refractivity contribution in [2.75, 3.05) is 19.7 Å². The first-order chi connectivity index (χ1) is 9.24. The maximum absolute atomic E-state index is 11.8. The highest BCUT2D eigenvalue weighted by atomic mass is 16.5. The molecule has 1 aromatic rings. The van der Waals surface area contributed by atoms with Crippen molar-refractivity contribution in [2.24, 2.45) is 11.1 Å². The fourth-order valence-corrected chi connectivity index (χ4v) is 2.28. The minimum absolute atomic E-state index is 0.314. The van der Waals surface area contributed by atoms with Gasteiger partial charge in [-0.15, -0.1) is 0 Å². The van der Waals surface area contributed by atoms with Gasteiger partial charge in [0.15, 0.2) is 0 Å². The zero-order chi connectivity index (χ0) is 13.7. The predicted octanol–water partition coefficient (Wildman–Crippen LogP) is 1.51. The number of benzene rings is 1. The molecule has 1 aliphatic rings. The number of nitrogens with zero attached hydrogens (tertiary/aromatic N) is 2. The summed E-state index contributed by atoms with van der Waals surface area (Å²) in [5.74, 6) is -0.764. The lowest BCUT2D eigenvalue weighted by Gasteiger charge is -2.14. The molecule has 0 saturated carbocycles. The monoisotopic (exact) mass is 262 g/mol. The highest BCUT2D eigenvalue weighted by Crippen LogP contribution is 2.18. The number of carbonyl (C=O) groups excluding carboxylic acids is 1. The van der Waals surface area contributed by atoms with Crippen LogP contribution in [0.3, 0.4) is 0 Å². The lowest BCUT2D eigenvalue weighted by Crippen LogP contribution is -2.26. The Morgan fingerprint density at radius 3 is 2.84 bits per heavy atom. The maximum Gasteiger partial charge on any atom is 0.316 e. The van der Waals surface area contributed by atoms with E-state index in [1.165, 1.54) is 5.56 Å². The van der Waals surface area contributed by atoms with Crippen molar-refractivity contribution in [3.05, 3.63) is 35.9 Å². The molecular formula is C14H18N2O3. The summed E-state index contributed by atoms with van der Waals surface area (Å²) in [5.41, 5.74) is 1.65. The first-order valence-electron chi connectivity index (χ1n) is 6.38. The Balaban J connectivity index is 2.01. The van der Waals surface area contributed by atoms with Crippen molar-refractivity contribution in [3.63, 3.8) is 0 Å². The Bertz CT molecular complexity index is 459. The van der Waals surface area contributed by atoms with Gasteiger partial charge in [0.1, 0.15) is 5.92 Å². The molecule has 0 aliphatic carbocycles. The van der Waals surface area contributed by atoms with E-state index in [0.29, 0.717) is 25.4 Å². The molecule has 1 heterocycles. The lowest BCUT2D eigenvalue weighted by atomic mass is 10.1. The normalized spacial score (nSPS) is 21.7. The van der Waals surface area contributed by atoms with Crippen LogP contribution in [0.2, 0.25) is 0 Å². The van der Waals surface area contributed by atoms with Crippen LogP contribution in [-0.2, 0) is 16.1 Å². The molecule has 5 nitrogen and oxygen atoms in total. The quantitative estimate of drug-likeness (QED) is 0.507. The molecule has 0 amide bonds. The molecule has 5 heteroatoms. The van der Waals surface area contributed by atoms with E-state index < -0.39 is 5.92 Å². The highest BCUT2D eigenvalue weighted by Gasteiger charge is 2.35. The van der Waals surface area contributed by atoms with Gasteiger partial charge in [0.25, 0.3) is 0 Å². The van der Waals surface area contributed by atoms with Gasteiger partial charge in [-0.05, 0) is 12.5 Å². The van der Waals surface area contributed by atoms with Crippen molar-refractivity contribution in [3.8, 4) is 0 Å². The number of carbonyl (C=O) groups is 1. The molecule has 0 bridgehead atoms. The van der Waals surface area contributed by atoms with E-state index in [2.05, 4.69) is 10.1 Å². The van der Waals surface area contributed by atoms with Crippen LogP contribution in [0, 0.1) is 5.92 Å². The SMILES string of the molecule is CCOC(=O)C1CN(Cc2ccccc2)C/C1=N/O. The number of likely N-dealkylation sites (tertiary alicyclic amines) is 1. The Labute approximate surface area is 112 Å². The molecule has 0 spiro atoms. The van der Waals surface area contributed by atoms with Crippen molar-refractivity contribution in [1.29, 1.82) is 0 Å². The first kappa shape index (κ1) is 13.5. The molecule has 0 radical (unpaired) electrons. The number of rotatable bonds is 4. The third-order valence-electron chi connectivity index (χ3n) is 3.18. The number of esters is 1. The summed E-state index contributed by atoms with van der Waals surface area (Å²) >= 11 is 0. The topological polar surface area (TPSA) is 62.1 Å². The van der Waals surface area contributed by atoms with Crippen LogP contribution in [0.15, 0.2) is 35.5 Å². The summed E-state index contributed by atoms with van der Waals surface area (Å²) in [5, 5.41) is 12.2. The zero-order valence-electron chi connectivity index (χ0n) is 11.0. The summed E-state index contributed by atoms with van der Waals surface area (Å²) in [7, 11) is 0. The van der Waals surface area contributed by atoms with Crippen molar-refractivity contribution in [2.45, 2.75) is 13.5 Å². The largest absolute Gasteiger partial charge is 0.465 e. The van der Waals surface area contributed by atoms with Gasteiger partial charge < -0.3 is 9.94 Å². The predicted molar refractivity (Wildman–Crippen MR) is 71.1 cm³/mol. The second-order valence-electron chi connectivity index (χ2n) is 4.55. The molecule has 1 N–H and O–H groups in total. The minimum Gasteiger partial charge on any atom is -0.465 e. The first-order valence-corrected chi connectivity index (χ1v) is 6.38. The fourth-order valence-electron chi connectivity index (χ4n) is 2.28. The summed E-state index contributed by atoms with van der Waals surface area (Å²) in [4.78, 5) is 13.8. The van der Waals surface area contributed by atoms with Crippen LogP contribution in [0.4, 0.5) is 0 Å². The van der Waals surface area contributed by atoms with E-state index in [1.807, 2.05) is 30.3 Å². The van der Waals surface area contributed by atoms with Crippen molar-refractivity contribution in [1.82, 2.24) is 4.90 Å². The van der Waals surface area contributed by atoms with Gasteiger partial charge in [0, 0.05) is 19.6 Å². The molecule has 0 aromatic heterocycles. The summed E-state index contributed by atoms with van der Waals surface area (Å²) in [6.45, 7) is 3.87. The van der Waals surface area contributed by atoms with E-state index in [-0.39, 0.29) is 5.97 Å². The van der Waals surface area contributed by atoms with Crippen LogP contribution >= 0.6 is 0 Å². The summed E-state index contributed by atoms with van der Waals surface area (Å²) in [6, 6.07) is 10.0. The minimum atomic E-state index is -0.450. The summed E-state index contributed by atoms with van der Waals surface area (Å²) in [6.07, 6.45) is 0. The standard InChI is InChI=1S/C14H18N2O3/c1-2-19-14(17)12-9-16(10-13(12)15-18)8-11-6-4-3-5-7-11/h3-7,12,18H,2,8-10H2,1H3/b15-13-. The van der Waals surface area contributed by atoms with E-state index >= 15 is 0 Å². The zero-order valence-corrected chi connectivity index (χ0v) is 11.0. The third-order valence-corrected chi connectivity index (χ3v) is 3.18. The molecule has 19 heavy (non-hydrogen) atoms. The van der Waals surface area contributed by atoms with E-state index in [0.717, 1.165) is 6.54 Å². The maximum atomic E-state index is 11.8. The highest BCUT2D eigenvalue weighted by molar-refractivity contribution is 6.04. The Kier molecular flexibility index (Phi) is 4.52. The molecular weight excluding hydrogens is 244 g/mol. The van der Waals surface area contributed by atoms with Gasteiger partial charge in [-0.25, -0.2) is 0 Å². The van der Waals surface area contributed by atoms with E-state index in [4.69, 9.17) is 9.94 Å². The van der Waals surface area contributed by atoms with E-state index in [9.17, 15) is 4.79 Å². The number of hydrogen-bond donors (Lipinski definition) is 1. The van der Waals surface area contributed by atoms with Gasteiger partial charge in [0.2, 0.25) is 0 Å². The van der Waals surface area contributed by atoms with Gasteiger partial charge in [0.05, 0.1) is 12.3 Å². The number of hydrogen-bond acceptors (Lipinski definition) is 5. The molecule has 1 fully saturated rings. The second-order valence-corrected chi connectivity index (χ2v) is 4.55. The van der Waals surface area contributed by atoms with Gasteiger partial charge in [-0.3, -0.25) is 9.69 Å². The molecule has 2 rings (SSSR count). The second kappa shape index (κ2) is 6.33. The summed E-state index contributed by atoms with van der Waals surface area (Å²) < 4.78 is 5.00. The van der Waals surface area contributed by atoms with Crippen LogP contribution in [-0.4, -0.2) is 41.5 Å². The molecule has 1 aromatic carbocycles. The average molecular weight is 262 g/mol. The van der Waals surface area contributed by atoms with Crippen molar-refractivity contribution >= 4 is 11.7 Å².